The molecule has 1 rings (SSSR count). The van der Waals surface area contributed by atoms with E-state index < -0.39 is 5.54 Å². The van der Waals surface area contributed by atoms with Crippen LogP contribution in [0.25, 0.3) is 0 Å². The number of methoxy groups -OCH3 is 1. The third kappa shape index (κ3) is 4.34. The molecule has 3 nitrogen and oxygen atoms in total. The molecular formula is C12H23NO2S. The molecule has 4 heteroatoms. The van der Waals surface area contributed by atoms with E-state index in [1.165, 1.54) is 32.1 Å². The summed E-state index contributed by atoms with van der Waals surface area (Å²) >= 11 is 1.91. The number of nitrogens with one attached hydrogen (secondary N) is 1. The van der Waals surface area contributed by atoms with Crippen LogP contribution in [0.1, 0.15) is 39.5 Å². The molecule has 16 heavy (non-hydrogen) atoms. The van der Waals surface area contributed by atoms with Crippen LogP contribution >= 0.6 is 11.8 Å². The summed E-state index contributed by atoms with van der Waals surface area (Å²) in [4.78, 5) is 11.8. The van der Waals surface area contributed by atoms with Gasteiger partial charge in [-0.1, -0.05) is 6.92 Å². The molecule has 0 bridgehead atoms. The molecule has 0 aromatic rings. The Balaban J connectivity index is 2.38. The Labute approximate surface area is 103 Å². The summed E-state index contributed by atoms with van der Waals surface area (Å²) in [7, 11) is 1.47. The average Bonchev–Trinajstić information content (AvgIpc) is 3.07. The van der Waals surface area contributed by atoms with Crippen LogP contribution in [0.5, 0.6) is 0 Å². The minimum Gasteiger partial charge on any atom is -0.468 e. The largest absolute Gasteiger partial charge is 0.468 e. The van der Waals surface area contributed by atoms with Crippen molar-refractivity contribution >= 4 is 17.7 Å². The smallest absolute Gasteiger partial charge is 0.325 e. The van der Waals surface area contributed by atoms with E-state index in [2.05, 4.69) is 12.2 Å². The van der Waals surface area contributed by atoms with Crippen LogP contribution in [0.4, 0.5) is 0 Å². The summed E-state index contributed by atoms with van der Waals surface area (Å²) in [5, 5.41) is 3.41. The van der Waals surface area contributed by atoms with Crippen LogP contribution in [0.2, 0.25) is 0 Å². The monoisotopic (exact) mass is 245 g/mol. The second-order valence-corrected chi connectivity index (χ2v) is 5.83. The number of hydrogen-bond donors (Lipinski definition) is 1. The number of rotatable bonds is 8. The average molecular weight is 245 g/mol. The van der Waals surface area contributed by atoms with Gasteiger partial charge in [-0.2, -0.15) is 11.8 Å². The number of thioether (sulfide) groups is 1. The predicted octanol–water partition coefficient (Wildman–Crippen LogP) is 2.20. The van der Waals surface area contributed by atoms with Crippen molar-refractivity contribution in [1.82, 2.24) is 5.32 Å². The van der Waals surface area contributed by atoms with Crippen molar-refractivity contribution in [2.45, 2.75) is 51.1 Å². The minimum atomic E-state index is -0.489. The van der Waals surface area contributed by atoms with Crippen molar-refractivity contribution in [2.24, 2.45) is 0 Å². The molecular weight excluding hydrogens is 222 g/mol. The second-order valence-electron chi connectivity index (χ2n) is 4.60. The topological polar surface area (TPSA) is 38.3 Å². The van der Waals surface area contributed by atoms with Gasteiger partial charge in [0, 0.05) is 6.04 Å². The number of carbonyl (C=O) groups excluding carboxylic acids is 1. The quantitative estimate of drug-likeness (QED) is 0.525. The molecule has 0 aliphatic heterocycles. The number of ether oxygens (including phenoxy) is 1. The van der Waals surface area contributed by atoms with Crippen molar-refractivity contribution in [3.8, 4) is 0 Å². The fourth-order valence-electron chi connectivity index (χ4n) is 1.66. The second kappa shape index (κ2) is 6.50. The van der Waals surface area contributed by atoms with E-state index in [-0.39, 0.29) is 5.97 Å². The maximum absolute atomic E-state index is 11.8. The van der Waals surface area contributed by atoms with E-state index in [0.29, 0.717) is 6.04 Å². The molecule has 0 spiro atoms. The highest BCUT2D eigenvalue weighted by molar-refractivity contribution is 7.99. The lowest BCUT2D eigenvalue weighted by atomic mass is 9.99. The molecule has 1 aliphatic carbocycles. The van der Waals surface area contributed by atoms with Gasteiger partial charge in [-0.25, -0.2) is 0 Å². The van der Waals surface area contributed by atoms with Crippen LogP contribution < -0.4 is 5.32 Å². The van der Waals surface area contributed by atoms with Gasteiger partial charge in [-0.15, -0.1) is 0 Å². The van der Waals surface area contributed by atoms with E-state index in [1.54, 1.807) is 0 Å². The first-order chi connectivity index (χ1) is 7.62. The Morgan fingerprint density at radius 2 is 2.19 bits per heavy atom. The zero-order valence-corrected chi connectivity index (χ0v) is 11.4. The van der Waals surface area contributed by atoms with Crippen LogP contribution in [0.3, 0.4) is 0 Å². The molecule has 0 saturated heterocycles. The van der Waals surface area contributed by atoms with Crippen molar-refractivity contribution in [1.29, 1.82) is 0 Å². The first-order valence-electron chi connectivity index (χ1n) is 6.06. The van der Waals surface area contributed by atoms with Crippen LogP contribution in [0.15, 0.2) is 0 Å². The zero-order valence-electron chi connectivity index (χ0n) is 10.5. The highest BCUT2D eigenvalue weighted by Crippen LogP contribution is 2.25. The third-order valence-electron chi connectivity index (χ3n) is 2.83. The Hall–Kier alpha value is -0.220. The van der Waals surface area contributed by atoms with Gasteiger partial charge >= 0.3 is 5.97 Å². The van der Waals surface area contributed by atoms with E-state index in [4.69, 9.17) is 4.74 Å². The lowest BCUT2D eigenvalue weighted by molar-refractivity contribution is -0.148. The molecule has 0 radical (unpaired) electrons. The molecule has 1 N–H and O–H groups in total. The van der Waals surface area contributed by atoms with E-state index in [0.717, 1.165) is 12.2 Å². The molecule has 94 valence electrons. The summed E-state index contributed by atoms with van der Waals surface area (Å²) in [6.45, 7) is 4.14. The van der Waals surface area contributed by atoms with Crippen molar-refractivity contribution < 1.29 is 9.53 Å². The fourth-order valence-corrected chi connectivity index (χ4v) is 2.70. The van der Waals surface area contributed by atoms with Gasteiger partial charge in [0.15, 0.2) is 0 Å². The van der Waals surface area contributed by atoms with Gasteiger partial charge in [-0.05, 0) is 44.1 Å². The normalized spacial score (nSPS) is 19.2. The van der Waals surface area contributed by atoms with Gasteiger partial charge in [0.2, 0.25) is 0 Å². The number of hydrogen-bond acceptors (Lipinski definition) is 4. The minimum absolute atomic E-state index is 0.128. The predicted molar refractivity (Wildman–Crippen MR) is 68.8 cm³/mol. The maximum atomic E-state index is 11.8. The SMILES string of the molecule is CCCSCCC(C)(NC1CC1)C(=O)OC. The van der Waals surface area contributed by atoms with Gasteiger partial charge in [0.25, 0.3) is 0 Å². The summed E-state index contributed by atoms with van der Waals surface area (Å²) in [5.41, 5.74) is -0.489. The number of carbonyl (C=O) groups is 1. The first kappa shape index (κ1) is 13.8. The Morgan fingerprint density at radius 1 is 1.50 bits per heavy atom. The van der Waals surface area contributed by atoms with E-state index in [9.17, 15) is 4.79 Å². The van der Waals surface area contributed by atoms with Gasteiger partial charge < -0.3 is 4.74 Å². The van der Waals surface area contributed by atoms with E-state index in [1.807, 2.05) is 18.7 Å². The maximum Gasteiger partial charge on any atom is 0.325 e. The standard InChI is InChI=1S/C12H23NO2S/c1-4-8-16-9-7-12(2,11(14)15-3)13-10-5-6-10/h10,13H,4-9H2,1-3H3. The fraction of sp³-hybridized carbons (Fsp3) is 0.917. The summed E-state index contributed by atoms with van der Waals surface area (Å²) in [6.07, 6.45) is 4.42. The molecule has 0 heterocycles. The molecule has 1 atom stereocenters. The molecule has 0 amide bonds. The highest BCUT2D eigenvalue weighted by atomic mass is 32.2. The molecule has 1 fully saturated rings. The van der Waals surface area contributed by atoms with Crippen molar-refractivity contribution in [2.75, 3.05) is 18.6 Å². The Kier molecular flexibility index (Phi) is 5.62. The molecule has 1 aliphatic rings. The Bertz CT molecular complexity index is 231. The van der Waals surface area contributed by atoms with Crippen LogP contribution in [-0.2, 0) is 9.53 Å². The summed E-state index contributed by atoms with van der Waals surface area (Å²) in [5.74, 6) is 2.05. The lowest BCUT2D eigenvalue weighted by Gasteiger charge is -2.28. The zero-order chi connectivity index (χ0) is 12.0. The van der Waals surface area contributed by atoms with E-state index >= 15 is 0 Å². The lowest BCUT2D eigenvalue weighted by Crippen LogP contribution is -2.51. The van der Waals surface area contributed by atoms with Crippen molar-refractivity contribution in [3.05, 3.63) is 0 Å². The molecule has 1 unspecified atom stereocenters. The summed E-state index contributed by atoms with van der Waals surface area (Å²) in [6, 6.07) is 0.528. The number of esters is 1. The van der Waals surface area contributed by atoms with Crippen LogP contribution in [-0.4, -0.2) is 36.2 Å². The van der Waals surface area contributed by atoms with Gasteiger partial charge in [-0.3, -0.25) is 10.1 Å². The molecule has 0 aromatic carbocycles. The van der Waals surface area contributed by atoms with Gasteiger partial charge in [0.05, 0.1) is 7.11 Å². The van der Waals surface area contributed by atoms with Gasteiger partial charge in [0.1, 0.15) is 5.54 Å². The van der Waals surface area contributed by atoms with Crippen molar-refractivity contribution in [3.63, 3.8) is 0 Å². The third-order valence-corrected chi connectivity index (χ3v) is 4.02. The Morgan fingerprint density at radius 3 is 2.69 bits per heavy atom. The first-order valence-corrected chi connectivity index (χ1v) is 7.21. The molecule has 0 aromatic heterocycles. The van der Waals surface area contributed by atoms with Crippen LogP contribution in [0, 0.1) is 0 Å². The summed E-state index contributed by atoms with van der Waals surface area (Å²) < 4.78 is 4.89. The molecule has 1 saturated carbocycles. The highest BCUT2D eigenvalue weighted by Gasteiger charge is 2.38.